The van der Waals surface area contributed by atoms with Crippen molar-refractivity contribution in [1.82, 2.24) is 0 Å². The van der Waals surface area contributed by atoms with Crippen molar-refractivity contribution >= 4 is 11.9 Å². The minimum atomic E-state index is -0.545. The molecule has 6 nitrogen and oxygen atoms in total. The van der Waals surface area contributed by atoms with Crippen LogP contribution in [0.1, 0.15) is 137 Å². The van der Waals surface area contributed by atoms with Crippen LogP contribution in [0.15, 0.2) is 84.9 Å². The Kier molecular flexibility index (Phi) is 19.6. The van der Waals surface area contributed by atoms with Crippen LogP contribution < -0.4 is 9.47 Å². The number of unbranched alkanes of at least 4 members (excludes halogenated alkanes) is 12. The number of carbonyl (C=O) groups excluding carboxylic acids is 2. The second-order valence-corrected chi connectivity index (χ2v) is 12.7. The van der Waals surface area contributed by atoms with Gasteiger partial charge in [0.25, 0.3) is 0 Å². The van der Waals surface area contributed by atoms with E-state index in [2.05, 4.69) is 13.8 Å². The second kappa shape index (κ2) is 24.4. The fourth-order valence-electron chi connectivity index (χ4n) is 5.69. The molecule has 0 aromatic heterocycles. The van der Waals surface area contributed by atoms with Crippen LogP contribution in [-0.2, 0) is 9.47 Å². The summed E-state index contributed by atoms with van der Waals surface area (Å²) in [6, 6.07) is 25.9. The van der Waals surface area contributed by atoms with Gasteiger partial charge in [-0.2, -0.15) is 0 Å². The molecule has 262 valence electrons. The zero-order valence-corrected chi connectivity index (χ0v) is 29.4. The molecule has 3 aromatic rings. The van der Waals surface area contributed by atoms with E-state index in [1.807, 2.05) is 60.7 Å². The SMILES string of the molecule is CCCCCCCCCC(COc1ccccc1)OC(=O)c1ccccc1C(=O)OC(CCCCCCCCC)COc1ccccc1. The van der Waals surface area contributed by atoms with E-state index in [4.69, 9.17) is 18.9 Å². The molecule has 3 rings (SSSR count). The molecule has 0 aliphatic heterocycles. The second-order valence-electron chi connectivity index (χ2n) is 12.7. The average molecular weight is 659 g/mol. The quantitative estimate of drug-likeness (QED) is 0.0631. The van der Waals surface area contributed by atoms with E-state index in [0.29, 0.717) is 12.8 Å². The third-order valence-electron chi connectivity index (χ3n) is 8.53. The smallest absolute Gasteiger partial charge is 0.339 e. The molecular formula is C42H58O6. The molecule has 3 aromatic carbocycles. The highest BCUT2D eigenvalue weighted by Gasteiger charge is 2.25. The Morgan fingerprint density at radius 2 is 0.792 bits per heavy atom. The van der Waals surface area contributed by atoms with Crippen molar-refractivity contribution in [3.05, 3.63) is 96.1 Å². The minimum Gasteiger partial charge on any atom is -0.490 e. The summed E-state index contributed by atoms with van der Waals surface area (Å²) in [5.74, 6) is 0.367. The van der Waals surface area contributed by atoms with Gasteiger partial charge in [-0.1, -0.05) is 139 Å². The molecule has 2 atom stereocenters. The third-order valence-corrected chi connectivity index (χ3v) is 8.53. The van der Waals surface area contributed by atoms with Crippen LogP contribution in [0, 0.1) is 0 Å². The first-order chi connectivity index (χ1) is 23.6. The summed E-state index contributed by atoms with van der Waals surface area (Å²) in [4.78, 5) is 27.2. The summed E-state index contributed by atoms with van der Waals surface area (Å²) in [6.07, 6.45) is 16.8. The summed E-state index contributed by atoms with van der Waals surface area (Å²) in [7, 11) is 0. The maximum absolute atomic E-state index is 13.6. The number of rotatable bonds is 26. The molecule has 0 aliphatic rings. The molecule has 0 heterocycles. The van der Waals surface area contributed by atoms with E-state index in [9.17, 15) is 9.59 Å². The standard InChI is InChI=1S/C42H58O6/c1-3-5-7-9-11-13-17-29-37(33-45-35-25-19-15-20-26-35)47-41(43)39-31-23-24-32-40(39)42(44)48-38(30-18-14-12-10-8-6-4-2)34-46-36-27-21-16-22-28-36/h15-16,19-28,31-32,37-38H,3-14,17-18,29-30,33-34H2,1-2H3. The van der Waals surface area contributed by atoms with Gasteiger partial charge in [0.2, 0.25) is 0 Å². The predicted molar refractivity (Wildman–Crippen MR) is 194 cm³/mol. The predicted octanol–water partition coefficient (Wildman–Crippen LogP) is 11.2. The zero-order valence-electron chi connectivity index (χ0n) is 29.4. The number of carbonyl (C=O) groups is 2. The number of esters is 2. The Balaban J connectivity index is 1.63. The molecule has 0 saturated heterocycles. The van der Waals surface area contributed by atoms with Crippen LogP contribution in [0.25, 0.3) is 0 Å². The molecule has 0 aliphatic carbocycles. The fraction of sp³-hybridized carbons (Fsp3) is 0.524. The van der Waals surface area contributed by atoms with Gasteiger partial charge in [-0.3, -0.25) is 0 Å². The van der Waals surface area contributed by atoms with Crippen LogP contribution in [-0.4, -0.2) is 37.4 Å². The van der Waals surface area contributed by atoms with Crippen molar-refractivity contribution in [1.29, 1.82) is 0 Å². The molecule has 0 saturated carbocycles. The molecular weight excluding hydrogens is 600 g/mol. The topological polar surface area (TPSA) is 71.1 Å². The van der Waals surface area contributed by atoms with Gasteiger partial charge in [-0.05, 0) is 62.1 Å². The molecule has 0 amide bonds. The first-order valence-electron chi connectivity index (χ1n) is 18.5. The Morgan fingerprint density at radius 3 is 1.17 bits per heavy atom. The monoisotopic (exact) mass is 658 g/mol. The fourth-order valence-corrected chi connectivity index (χ4v) is 5.69. The molecule has 48 heavy (non-hydrogen) atoms. The van der Waals surface area contributed by atoms with Gasteiger partial charge in [-0.15, -0.1) is 0 Å². The van der Waals surface area contributed by atoms with Gasteiger partial charge in [0, 0.05) is 0 Å². The van der Waals surface area contributed by atoms with Crippen LogP contribution in [0.2, 0.25) is 0 Å². The van der Waals surface area contributed by atoms with E-state index >= 15 is 0 Å². The van der Waals surface area contributed by atoms with Crippen molar-refractivity contribution in [2.45, 2.75) is 129 Å². The molecule has 6 heteroatoms. The third kappa shape index (κ3) is 15.9. The van der Waals surface area contributed by atoms with Crippen molar-refractivity contribution in [3.63, 3.8) is 0 Å². The molecule has 2 unspecified atom stereocenters. The lowest BCUT2D eigenvalue weighted by molar-refractivity contribution is 0.0101. The van der Waals surface area contributed by atoms with Gasteiger partial charge in [0.15, 0.2) is 0 Å². The number of para-hydroxylation sites is 2. The van der Waals surface area contributed by atoms with Crippen molar-refractivity contribution in [2.24, 2.45) is 0 Å². The largest absolute Gasteiger partial charge is 0.490 e. The molecule has 0 radical (unpaired) electrons. The number of hydrogen-bond donors (Lipinski definition) is 0. The first kappa shape index (κ1) is 38.6. The van der Waals surface area contributed by atoms with E-state index in [1.54, 1.807) is 24.3 Å². The summed E-state index contributed by atoms with van der Waals surface area (Å²) >= 11 is 0. The first-order valence-corrected chi connectivity index (χ1v) is 18.5. The lowest BCUT2D eigenvalue weighted by atomic mass is 10.1. The van der Waals surface area contributed by atoms with E-state index in [0.717, 1.165) is 37.2 Å². The Morgan fingerprint density at radius 1 is 0.458 bits per heavy atom. The average Bonchev–Trinajstić information content (AvgIpc) is 3.12. The molecule has 0 bridgehead atoms. The summed E-state index contributed by atoms with van der Waals surface area (Å²) in [5, 5.41) is 0. The van der Waals surface area contributed by atoms with Gasteiger partial charge in [-0.25, -0.2) is 9.59 Å². The normalized spacial score (nSPS) is 12.2. The highest BCUT2D eigenvalue weighted by atomic mass is 16.6. The Hall–Kier alpha value is -3.80. The van der Waals surface area contributed by atoms with Gasteiger partial charge >= 0.3 is 11.9 Å². The minimum absolute atomic E-state index is 0.199. The van der Waals surface area contributed by atoms with Gasteiger partial charge in [0.05, 0.1) is 11.1 Å². The highest BCUT2D eigenvalue weighted by Crippen LogP contribution is 2.20. The van der Waals surface area contributed by atoms with Crippen LogP contribution in [0.3, 0.4) is 0 Å². The van der Waals surface area contributed by atoms with Crippen LogP contribution >= 0.6 is 0 Å². The number of ether oxygens (including phenoxy) is 4. The Bertz CT molecular complexity index is 1160. The highest BCUT2D eigenvalue weighted by molar-refractivity contribution is 6.03. The van der Waals surface area contributed by atoms with Gasteiger partial charge in [0.1, 0.15) is 36.9 Å². The van der Waals surface area contributed by atoms with E-state index in [-0.39, 0.29) is 24.3 Å². The number of hydrogen-bond acceptors (Lipinski definition) is 6. The van der Waals surface area contributed by atoms with E-state index in [1.165, 1.54) is 64.2 Å². The lowest BCUT2D eigenvalue weighted by Gasteiger charge is -2.21. The van der Waals surface area contributed by atoms with Crippen LogP contribution in [0.5, 0.6) is 11.5 Å². The number of benzene rings is 3. The lowest BCUT2D eigenvalue weighted by Crippen LogP contribution is -2.28. The molecule has 0 fully saturated rings. The Labute approximate surface area is 289 Å². The van der Waals surface area contributed by atoms with E-state index < -0.39 is 24.1 Å². The molecule has 0 N–H and O–H groups in total. The van der Waals surface area contributed by atoms with Crippen molar-refractivity contribution in [3.8, 4) is 11.5 Å². The maximum Gasteiger partial charge on any atom is 0.339 e. The maximum atomic E-state index is 13.6. The summed E-state index contributed by atoms with van der Waals surface area (Å²) in [5.41, 5.74) is 0.399. The molecule has 0 spiro atoms. The summed E-state index contributed by atoms with van der Waals surface area (Å²) in [6.45, 7) is 4.93. The van der Waals surface area contributed by atoms with Crippen molar-refractivity contribution in [2.75, 3.05) is 13.2 Å². The van der Waals surface area contributed by atoms with Crippen LogP contribution in [0.4, 0.5) is 0 Å². The van der Waals surface area contributed by atoms with Crippen molar-refractivity contribution < 1.29 is 28.5 Å². The van der Waals surface area contributed by atoms with Gasteiger partial charge < -0.3 is 18.9 Å². The summed E-state index contributed by atoms with van der Waals surface area (Å²) < 4.78 is 24.1. The zero-order chi connectivity index (χ0) is 34.1.